The first-order valence-corrected chi connectivity index (χ1v) is 10.3. The summed E-state index contributed by atoms with van der Waals surface area (Å²) in [7, 11) is -2.24. The van der Waals surface area contributed by atoms with Crippen molar-refractivity contribution in [3.8, 4) is 5.75 Å². The molecule has 0 aromatic heterocycles. The van der Waals surface area contributed by atoms with Crippen LogP contribution in [0.5, 0.6) is 5.75 Å². The van der Waals surface area contributed by atoms with Crippen LogP contribution in [0.15, 0.2) is 21.5 Å². The number of halogens is 2. The number of ether oxygens (including phenoxy) is 1. The summed E-state index contributed by atoms with van der Waals surface area (Å²) < 4.78 is 33.4. The molecule has 1 aromatic rings. The van der Waals surface area contributed by atoms with Gasteiger partial charge in [0.1, 0.15) is 4.90 Å². The summed E-state index contributed by atoms with van der Waals surface area (Å²) in [6.45, 7) is 3.15. The average molecular weight is 426 g/mol. The summed E-state index contributed by atoms with van der Waals surface area (Å²) in [4.78, 5) is 2.36. The fraction of sp³-hybridized carbons (Fsp3) is 0.600. The predicted octanol–water partition coefficient (Wildman–Crippen LogP) is 3.27. The van der Waals surface area contributed by atoms with Crippen molar-refractivity contribution in [2.24, 2.45) is 0 Å². The van der Waals surface area contributed by atoms with E-state index in [0.29, 0.717) is 22.6 Å². The Morgan fingerprint density at radius 2 is 1.91 bits per heavy atom. The third-order valence-corrected chi connectivity index (χ3v) is 6.16. The summed E-state index contributed by atoms with van der Waals surface area (Å²) in [5.74, 6) is 0.261. The van der Waals surface area contributed by atoms with Crippen LogP contribution in [0.2, 0.25) is 5.02 Å². The first-order chi connectivity index (χ1) is 10.9. The van der Waals surface area contributed by atoms with Crippen molar-refractivity contribution >= 4 is 37.6 Å². The van der Waals surface area contributed by atoms with E-state index in [-0.39, 0.29) is 10.6 Å². The zero-order chi connectivity index (χ0) is 16.9. The first kappa shape index (κ1) is 19.0. The second-order valence-electron chi connectivity index (χ2n) is 5.57. The highest BCUT2D eigenvalue weighted by atomic mass is 79.9. The molecule has 5 nitrogen and oxygen atoms in total. The van der Waals surface area contributed by atoms with Gasteiger partial charge >= 0.3 is 0 Å². The molecule has 1 N–H and O–H groups in total. The van der Waals surface area contributed by atoms with Crippen LogP contribution in [0.25, 0.3) is 0 Å². The largest absolute Gasteiger partial charge is 0.494 e. The molecule has 130 valence electrons. The molecule has 1 aliphatic heterocycles. The molecular formula is C15H22BrClN2O3S. The van der Waals surface area contributed by atoms with Crippen molar-refractivity contribution in [2.45, 2.75) is 30.6 Å². The van der Waals surface area contributed by atoms with E-state index in [4.69, 9.17) is 16.3 Å². The van der Waals surface area contributed by atoms with Gasteiger partial charge in [0.2, 0.25) is 10.0 Å². The van der Waals surface area contributed by atoms with Gasteiger partial charge < -0.3 is 9.64 Å². The highest BCUT2D eigenvalue weighted by Gasteiger charge is 2.22. The topological polar surface area (TPSA) is 58.6 Å². The minimum atomic E-state index is -3.67. The molecule has 0 radical (unpaired) electrons. The number of methoxy groups -OCH3 is 1. The Morgan fingerprint density at radius 3 is 2.52 bits per heavy atom. The molecule has 23 heavy (non-hydrogen) atoms. The summed E-state index contributed by atoms with van der Waals surface area (Å²) >= 11 is 9.25. The Balaban J connectivity index is 2.04. The Labute approximate surface area is 151 Å². The molecule has 0 spiro atoms. The first-order valence-electron chi connectivity index (χ1n) is 7.69. The van der Waals surface area contributed by atoms with E-state index in [1.165, 1.54) is 38.9 Å². The molecule has 8 heteroatoms. The quantitative estimate of drug-likeness (QED) is 0.760. The standard InChI is InChI=1S/C15H22BrClN2O3S/c1-22-15-13(16)10-12(17)11-14(15)23(20,21)18-6-9-19-7-4-2-3-5-8-19/h10-11,18H,2-9H2,1H3. The Morgan fingerprint density at radius 1 is 1.26 bits per heavy atom. The maximum Gasteiger partial charge on any atom is 0.244 e. The second kappa shape index (κ2) is 8.67. The molecule has 0 amide bonds. The van der Waals surface area contributed by atoms with Gasteiger partial charge in [-0.1, -0.05) is 24.4 Å². The molecule has 0 saturated carbocycles. The average Bonchev–Trinajstić information content (AvgIpc) is 2.75. The number of nitrogens with one attached hydrogen (secondary N) is 1. The number of likely N-dealkylation sites (tertiary alicyclic amines) is 1. The number of sulfonamides is 1. The molecular weight excluding hydrogens is 404 g/mol. The van der Waals surface area contributed by atoms with Crippen molar-refractivity contribution in [1.29, 1.82) is 0 Å². The van der Waals surface area contributed by atoms with Crippen LogP contribution in [0.3, 0.4) is 0 Å². The Hall–Kier alpha value is -0.340. The lowest BCUT2D eigenvalue weighted by Crippen LogP contribution is -2.35. The van der Waals surface area contributed by atoms with E-state index in [9.17, 15) is 8.42 Å². The molecule has 1 aromatic carbocycles. The highest BCUT2D eigenvalue weighted by Crippen LogP contribution is 2.35. The normalized spacial score (nSPS) is 17.0. The van der Waals surface area contributed by atoms with Gasteiger partial charge in [-0.15, -0.1) is 0 Å². The molecule has 1 heterocycles. The number of rotatable bonds is 6. The van der Waals surface area contributed by atoms with Gasteiger partial charge in [-0.2, -0.15) is 0 Å². The summed E-state index contributed by atoms with van der Waals surface area (Å²) in [5, 5.41) is 0.338. The van der Waals surface area contributed by atoms with E-state index in [1.54, 1.807) is 6.07 Å². The van der Waals surface area contributed by atoms with Crippen molar-refractivity contribution in [3.05, 3.63) is 21.6 Å². The SMILES string of the molecule is COc1c(Br)cc(Cl)cc1S(=O)(=O)NCCN1CCCCCC1. The third kappa shape index (κ3) is 5.32. The lowest BCUT2D eigenvalue weighted by Gasteiger charge is -2.20. The minimum Gasteiger partial charge on any atom is -0.494 e. The molecule has 1 fully saturated rings. The van der Waals surface area contributed by atoms with E-state index in [1.807, 2.05) is 0 Å². The number of hydrogen-bond acceptors (Lipinski definition) is 4. The number of benzene rings is 1. The maximum atomic E-state index is 12.5. The van der Waals surface area contributed by atoms with E-state index < -0.39 is 10.0 Å². The monoisotopic (exact) mass is 424 g/mol. The van der Waals surface area contributed by atoms with Gasteiger partial charge in [0.05, 0.1) is 11.6 Å². The zero-order valence-electron chi connectivity index (χ0n) is 13.1. The van der Waals surface area contributed by atoms with Gasteiger partial charge in [-0.3, -0.25) is 0 Å². The van der Waals surface area contributed by atoms with Gasteiger partial charge in [0.15, 0.2) is 5.75 Å². The number of hydrogen-bond donors (Lipinski definition) is 1. The lowest BCUT2D eigenvalue weighted by molar-refractivity contribution is 0.290. The van der Waals surface area contributed by atoms with Crippen LogP contribution in [0.4, 0.5) is 0 Å². The van der Waals surface area contributed by atoms with Crippen LogP contribution in [-0.2, 0) is 10.0 Å². The van der Waals surface area contributed by atoms with Crippen molar-refractivity contribution in [2.75, 3.05) is 33.3 Å². The molecule has 0 bridgehead atoms. The van der Waals surface area contributed by atoms with E-state index in [0.717, 1.165) is 13.1 Å². The van der Waals surface area contributed by atoms with Crippen molar-refractivity contribution < 1.29 is 13.2 Å². The molecule has 0 unspecified atom stereocenters. The van der Waals surface area contributed by atoms with Gasteiger partial charge in [0, 0.05) is 18.1 Å². The smallest absolute Gasteiger partial charge is 0.244 e. The molecule has 2 rings (SSSR count). The fourth-order valence-electron chi connectivity index (χ4n) is 2.71. The Bertz CT molecular complexity index is 632. The van der Waals surface area contributed by atoms with Gasteiger partial charge in [-0.05, 0) is 54.0 Å². The summed E-state index contributed by atoms with van der Waals surface area (Å²) in [6.07, 6.45) is 4.88. The minimum absolute atomic E-state index is 0.0511. The van der Waals surface area contributed by atoms with Gasteiger partial charge in [-0.25, -0.2) is 13.1 Å². The van der Waals surface area contributed by atoms with Gasteiger partial charge in [0.25, 0.3) is 0 Å². The molecule has 1 saturated heterocycles. The summed E-state index contributed by atoms with van der Waals surface area (Å²) in [5.41, 5.74) is 0. The van der Waals surface area contributed by atoms with Crippen LogP contribution >= 0.6 is 27.5 Å². The summed E-state index contributed by atoms with van der Waals surface area (Å²) in [6, 6.07) is 3.01. The third-order valence-electron chi connectivity index (χ3n) is 3.89. The Kier molecular flexibility index (Phi) is 7.16. The maximum absolute atomic E-state index is 12.5. The van der Waals surface area contributed by atoms with Crippen LogP contribution in [0.1, 0.15) is 25.7 Å². The van der Waals surface area contributed by atoms with Crippen LogP contribution in [0, 0.1) is 0 Å². The van der Waals surface area contributed by atoms with Crippen LogP contribution in [-0.4, -0.2) is 46.6 Å². The van der Waals surface area contributed by atoms with E-state index in [2.05, 4.69) is 25.6 Å². The molecule has 0 atom stereocenters. The highest BCUT2D eigenvalue weighted by molar-refractivity contribution is 9.10. The number of nitrogens with zero attached hydrogens (tertiary/aromatic N) is 1. The molecule has 0 aliphatic carbocycles. The predicted molar refractivity (Wildman–Crippen MR) is 95.8 cm³/mol. The second-order valence-corrected chi connectivity index (χ2v) is 8.60. The fourth-order valence-corrected chi connectivity index (χ4v) is 5.11. The van der Waals surface area contributed by atoms with Crippen molar-refractivity contribution in [3.63, 3.8) is 0 Å². The zero-order valence-corrected chi connectivity index (χ0v) is 16.3. The van der Waals surface area contributed by atoms with Crippen LogP contribution < -0.4 is 9.46 Å². The molecule has 1 aliphatic rings. The lowest BCUT2D eigenvalue weighted by atomic mass is 10.2. The van der Waals surface area contributed by atoms with Crippen molar-refractivity contribution in [1.82, 2.24) is 9.62 Å². The van der Waals surface area contributed by atoms with E-state index >= 15 is 0 Å².